The molecule has 3 heteroatoms. The maximum absolute atomic E-state index is 3.64. The van der Waals surface area contributed by atoms with Gasteiger partial charge in [-0.15, -0.1) is 0 Å². The summed E-state index contributed by atoms with van der Waals surface area (Å²) in [4.78, 5) is 2.59. The van der Waals surface area contributed by atoms with E-state index in [1.165, 1.54) is 60.9 Å². The molecule has 1 aliphatic rings. The van der Waals surface area contributed by atoms with E-state index in [-0.39, 0.29) is 0 Å². The Kier molecular flexibility index (Phi) is 6.37. The van der Waals surface area contributed by atoms with Gasteiger partial charge in [0.15, 0.2) is 0 Å². The van der Waals surface area contributed by atoms with Crippen LogP contribution in [-0.4, -0.2) is 19.6 Å². The van der Waals surface area contributed by atoms with Gasteiger partial charge in [0.05, 0.1) is 0 Å². The predicted octanol–water partition coefficient (Wildman–Crippen LogP) is 4.89. The van der Waals surface area contributed by atoms with E-state index in [1.54, 1.807) is 0 Å². The molecule has 1 aromatic rings. The lowest BCUT2D eigenvalue weighted by Gasteiger charge is -2.31. The summed E-state index contributed by atoms with van der Waals surface area (Å²) in [7, 11) is 0. The average molecular weight is 339 g/mol. The van der Waals surface area contributed by atoms with E-state index in [4.69, 9.17) is 0 Å². The van der Waals surface area contributed by atoms with Crippen molar-refractivity contribution in [3.63, 3.8) is 0 Å². The van der Waals surface area contributed by atoms with Crippen molar-refractivity contribution in [2.75, 3.05) is 24.5 Å². The Balaban J connectivity index is 2.24. The van der Waals surface area contributed by atoms with E-state index >= 15 is 0 Å². The summed E-state index contributed by atoms with van der Waals surface area (Å²) >= 11 is 3.64. The number of anilines is 1. The summed E-state index contributed by atoms with van der Waals surface area (Å²) < 4.78 is 1.18. The average Bonchev–Trinajstić information content (AvgIpc) is 2.38. The van der Waals surface area contributed by atoms with Crippen LogP contribution in [0.15, 0.2) is 22.7 Å². The van der Waals surface area contributed by atoms with Crippen LogP contribution in [0.4, 0.5) is 5.69 Å². The standard InChI is InChI=1S/C17H27BrN2/c1-3-19-14(2)16-10-9-15(18)13-17(16)20-11-7-5-4-6-8-12-20/h9-10,13-14,19H,3-8,11-12H2,1-2H3. The summed E-state index contributed by atoms with van der Waals surface area (Å²) in [6.45, 7) is 7.84. The Morgan fingerprint density at radius 2 is 1.80 bits per heavy atom. The largest absolute Gasteiger partial charge is 0.371 e. The number of halogens is 1. The SMILES string of the molecule is CCNC(C)c1ccc(Br)cc1N1CCCCCCC1. The zero-order valence-electron chi connectivity index (χ0n) is 12.8. The van der Waals surface area contributed by atoms with Gasteiger partial charge in [0, 0.05) is 29.3 Å². The minimum atomic E-state index is 0.411. The smallest absolute Gasteiger partial charge is 0.0425 e. The zero-order valence-corrected chi connectivity index (χ0v) is 14.4. The first kappa shape index (κ1) is 15.8. The molecule has 0 radical (unpaired) electrons. The molecule has 1 N–H and O–H groups in total. The van der Waals surface area contributed by atoms with Crippen molar-refractivity contribution in [3.8, 4) is 0 Å². The molecule has 1 saturated heterocycles. The third-order valence-corrected chi connectivity index (χ3v) is 4.66. The van der Waals surface area contributed by atoms with Crippen LogP contribution in [0.3, 0.4) is 0 Å². The second-order valence-corrected chi connectivity index (χ2v) is 6.65. The molecule has 1 atom stereocenters. The highest BCUT2D eigenvalue weighted by molar-refractivity contribution is 9.10. The number of nitrogens with zero attached hydrogens (tertiary/aromatic N) is 1. The highest BCUT2D eigenvalue weighted by atomic mass is 79.9. The highest BCUT2D eigenvalue weighted by Gasteiger charge is 2.16. The van der Waals surface area contributed by atoms with Crippen molar-refractivity contribution in [1.29, 1.82) is 0 Å². The Labute approximate surface area is 132 Å². The third kappa shape index (κ3) is 4.23. The summed E-state index contributed by atoms with van der Waals surface area (Å²) in [5.41, 5.74) is 2.84. The maximum atomic E-state index is 3.64. The molecule has 1 heterocycles. The van der Waals surface area contributed by atoms with Crippen molar-refractivity contribution < 1.29 is 0 Å². The molecule has 112 valence electrons. The normalized spacial score (nSPS) is 18.4. The lowest BCUT2D eigenvalue weighted by Crippen LogP contribution is -2.29. The van der Waals surface area contributed by atoms with Gasteiger partial charge in [-0.1, -0.05) is 48.2 Å². The van der Waals surface area contributed by atoms with Gasteiger partial charge in [0.2, 0.25) is 0 Å². The van der Waals surface area contributed by atoms with Crippen LogP contribution in [0.1, 0.15) is 57.6 Å². The predicted molar refractivity (Wildman–Crippen MR) is 91.5 cm³/mol. The van der Waals surface area contributed by atoms with Crippen LogP contribution in [0.2, 0.25) is 0 Å². The van der Waals surface area contributed by atoms with E-state index < -0.39 is 0 Å². The molecule has 2 rings (SSSR count). The number of hydrogen-bond acceptors (Lipinski definition) is 2. The monoisotopic (exact) mass is 338 g/mol. The molecule has 0 amide bonds. The topological polar surface area (TPSA) is 15.3 Å². The Morgan fingerprint density at radius 1 is 1.15 bits per heavy atom. The van der Waals surface area contributed by atoms with Crippen LogP contribution < -0.4 is 10.2 Å². The Hall–Kier alpha value is -0.540. The first-order chi connectivity index (χ1) is 9.72. The molecule has 1 aromatic carbocycles. The first-order valence-electron chi connectivity index (χ1n) is 8.00. The molecule has 1 unspecified atom stereocenters. The molecule has 0 bridgehead atoms. The fourth-order valence-corrected chi connectivity index (χ4v) is 3.41. The van der Waals surface area contributed by atoms with Crippen molar-refractivity contribution in [2.24, 2.45) is 0 Å². The van der Waals surface area contributed by atoms with Gasteiger partial charge >= 0.3 is 0 Å². The summed E-state index contributed by atoms with van der Waals surface area (Å²) in [6, 6.07) is 7.14. The highest BCUT2D eigenvalue weighted by Crippen LogP contribution is 2.31. The minimum absolute atomic E-state index is 0.411. The molecule has 1 aliphatic heterocycles. The van der Waals surface area contributed by atoms with E-state index in [9.17, 15) is 0 Å². The molecule has 0 spiro atoms. The molecule has 2 nitrogen and oxygen atoms in total. The van der Waals surface area contributed by atoms with E-state index in [0.29, 0.717) is 6.04 Å². The van der Waals surface area contributed by atoms with Crippen LogP contribution >= 0.6 is 15.9 Å². The molecular formula is C17H27BrN2. The molecular weight excluding hydrogens is 312 g/mol. The fourth-order valence-electron chi connectivity index (χ4n) is 3.06. The van der Waals surface area contributed by atoms with Crippen LogP contribution in [-0.2, 0) is 0 Å². The molecule has 0 aromatic heterocycles. The lowest BCUT2D eigenvalue weighted by molar-refractivity contribution is 0.549. The summed E-state index contributed by atoms with van der Waals surface area (Å²) in [5.74, 6) is 0. The molecule has 20 heavy (non-hydrogen) atoms. The van der Waals surface area contributed by atoms with Gasteiger partial charge in [-0.05, 0) is 44.0 Å². The molecule has 1 fully saturated rings. The fraction of sp³-hybridized carbons (Fsp3) is 0.647. The lowest BCUT2D eigenvalue weighted by atomic mass is 10.0. The zero-order chi connectivity index (χ0) is 14.4. The van der Waals surface area contributed by atoms with Gasteiger partial charge < -0.3 is 10.2 Å². The second-order valence-electron chi connectivity index (χ2n) is 5.74. The number of rotatable bonds is 4. The van der Waals surface area contributed by atoms with Crippen molar-refractivity contribution in [3.05, 3.63) is 28.2 Å². The van der Waals surface area contributed by atoms with Gasteiger partial charge in [-0.3, -0.25) is 0 Å². The van der Waals surface area contributed by atoms with Gasteiger partial charge in [-0.2, -0.15) is 0 Å². The van der Waals surface area contributed by atoms with E-state index in [1.807, 2.05) is 0 Å². The number of benzene rings is 1. The van der Waals surface area contributed by atoms with E-state index in [0.717, 1.165) is 6.54 Å². The van der Waals surface area contributed by atoms with Crippen LogP contribution in [0.5, 0.6) is 0 Å². The van der Waals surface area contributed by atoms with E-state index in [2.05, 4.69) is 58.2 Å². The number of nitrogens with one attached hydrogen (secondary N) is 1. The Bertz CT molecular complexity index is 411. The third-order valence-electron chi connectivity index (χ3n) is 4.17. The second kappa shape index (κ2) is 8.04. The number of hydrogen-bond donors (Lipinski definition) is 1. The first-order valence-corrected chi connectivity index (χ1v) is 8.79. The summed E-state index contributed by atoms with van der Waals surface area (Å²) in [6.07, 6.45) is 6.81. The Morgan fingerprint density at radius 3 is 2.45 bits per heavy atom. The van der Waals surface area contributed by atoms with Gasteiger partial charge in [0.25, 0.3) is 0 Å². The van der Waals surface area contributed by atoms with Gasteiger partial charge in [0.1, 0.15) is 0 Å². The van der Waals surface area contributed by atoms with Crippen molar-refractivity contribution >= 4 is 21.6 Å². The summed E-state index contributed by atoms with van der Waals surface area (Å²) in [5, 5.41) is 3.55. The minimum Gasteiger partial charge on any atom is -0.371 e. The van der Waals surface area contributed by atoms with Gasteiger partial charge in [-0.25, -0.2) is 0 Å². The van der Waals surface area contributed by atoms with Crippen molar-refractivity contribution in [1.82, 2.24) is 5.32 Å². The maximum Gasteiger partial charge on any atom is 0.0425 e. The molecule has 0 aliphatic carbocycles. The van der Waals surface area contributed by atoms with Crippen molar-refractivity contribution in [2.45, 2.75) is 52.0 Å². The molecule has 0 saturated carbocycles. The van der Waals surface area contributed by atoms with Crippen LogP contribution in [0.25, 0.3) is 0 Å². The van der Waals surface area contributed by atoms with Crippen LogP contribution in [0, 0.1) is 0 Å². The quantitative estimate of drug-likeness (QED) is 0.840.